The summed E-state index contributed by atoms with van der Waals surface area (Å²) in [6.07, 6.45) is 0.838. The van der Waals surface area contributed by atoms with E-state index in [0.717, 1.165) is 11.3 Å². The summed E-state index contributed by atoms with van der Waals surface area (Å²) in [4.78, 5) is 0. The van der Waals surface area contributed by atoms with Crippen molar-refractivity contribution < 1.29 is 7.31 Å². The lowest BCUT2D eigenvalue weighted by Crippen LogP contribution is -2.47. The van der Waals surface area contributed by atoms with E-state index in [1.165, 1.54) is 16.3 Å². The molecule has 2 aromatic rings. The molecule has 0 saturated heterocycles. The summed E-state index contributed by atoms with van der Waals surface area (Å²) in [5.41, 5.74) is 4.33. The second-order valence-electron chi connectivity index (χ2n) is 7.46. The average Bonchev–Trinajstić information content (AvgIpc) is 2.46. The van der Waals surface area contributed by atoms with E-state index in [1.54, 1.807) is 0 Å². The highest BCUT2D eigenvalue weighted by Gasteiger charge is 2.26. The van der Waals surface area contributed by atoms with Gasteiger partial charge in [0.1, 0.15) is 7.05 Å². The average molecular weight is 315 g/mol. The predicted octanol–water partition coefficient (Wildman–Crippen LogP) is 4.23. The topological polar surface area (TPSA) is 3.88 Å². The van der Waals surface area contributed by atoms with Crippen molar-refractivity contribution >= 4 is 13.3 Å². The highest BCUT2D eigenvalue weighted by molar-refractivity contribution is 6.88. The molecule has 0 amide bonds. The van der Waals surface area contributed by atoms with Crippen LogP contribution in [0.15, 0.2) is 36.5 Å². The molecular weight excluding hydrogens is 282 g/mol. The van der Waals surface area contributed by atoms with Gasteiger partial charge in [0.2, 0.25) is 5.69 Å². The Morgan fingerprint density at radius 3 is 2.36 bits per heavy atom. The van der Waals surface area contributed by atoms with Gasteiger partial charge in [0, 0.05) is 19.6 Å². The lowest BCUT2D eigenvalue weighted by atomic mass is 9.99. The minimum atomic E-state index is -1.66. The molecule has 0 aliphatic heterocycles. The van der Waals surface area contributed by atoms with Gasteiger partial charge in [-0.3, -0.25) is 0 Å². The molecule has 1 heterocycles. The number of hydrogen-bond acceptors (Lipinski definition) is 0. The van der Waals surface area contributed by atoms with Gasteiger partial charge in [-0.2, -0.15) is 0 Å². The van der Waals surface area contributed by atoms with Crippen LogP contribution in [0.4, 0.5) is 0 Å². The van der Waals surface area contributed by atoms with Gasteiger partial charge in [-0.05, 0) is 36.4 Å². The van der Waals surface area contributed by atoms with Gasteiger partial charge in [-0.25, -0.2) is 4.57 Å². The fourth-order valence-electron chi connectivity index (χ4n) is 2.81. The van der Waals surface area contributed by atoms with Crippen LogP contribution in [0.3, 0.4) is 0 Å². The standard InChI is InChI=1S/C20H30NSi/c1-15(2)12-17-13-19(18-11-9-8-10-16(18)3)21(4)14-20(17)22(5,6)7/h8-11,13-15H,12H2,1-7H3/q+1/i12D2. The van der Waals surface area contributed by atoms with E-state index in [4.69, 9.17) is 2.74 Å². The molecule has 22 heavy (non-hydrogen) atoms. The largest absolute Gasteiger partial charge is 0.212 e. The normalized spacial score (nSPS) is 14.0. The Hall–Kier alpha value is -1.41. The van der Waals surface area contributed by atoms with Crippen molar-refractivity contribution in [3.8, 4) is 11.3 Å². The molecule has 1 aromatic carbocycles. The third kappa shape index (κ3) is 3.67. The fourth-order valence-corrected chi connectivity index (χ4v) is 4.34. The minimum Gasteiger partial charge on any atom is -0.201 e. The molecule has 0 saturated carbocycles. The lowest BCUT2D eigenvalue weighted by Gasteiger charge is -2.21. The number of hydrogen-bond donors (Lipinski definition) is 0. The molecule has 118 valence electrons. The molecule has 0 N–H and O–H groups in total. The maximum Gasteiger partial charge on any atom is 0.212 e. The molecule has 2 heteroatoms. The van der Waals surface area contributed by atoms with E-state index in [1.807, 2.05) is 26.0 Å². The highest BCUT2D eigenvalue weighted by Crippen LogP contribution is 2.22. The quantitative estimate of drug-likeness (QED) is 0.587. The van der Waals surface area contributed by atoms with E-state index >= 15 is 0 Å². The van der Waals surface area contributed by atoms with Crippen molar-refractivity contribution in [1.82, 2.24) is 0 Å². The molecule has 1 nitrogen and oxygen atoms in total. The summed E-state index contributed by atoms with van der Waals surface area (Å²) in [5.74, 6) is -0.0648. The second kappa shape index (κ2) is 6.37. The third-order valence-electron chi connectivity index (χ3n) is 3.95. The van der Waals surface area contributed by atoms with Gasteiger partial charge in [0.15, 0.2) is 6.20 Å². The van der Waals surface area contributed by atoms with Gasteiger partial charge >= 0.3 is 0 Å². The lowest BCUT2D eigenvalue weighted by molar-refractivity contribution is -0.659. The van der Waals surface area contributed by atoms with Crippen molar-refractivity contribution in [2.45, 2.75) is 46.8 Å². The molecule has 0 aliphatic carbocycles. The first-order valence-electron chi connectivity index (χ1n) is 9.07. The zero-order valence-electron chi connectivity index (χ0n) is 17.0. The Kier molecular flexibility index (Phi) is 4.11. The molecule has 1 aromatic heterocycles. The molecule has 0 unspecified atom stereocenters. The third-order valence-corrected chi connectivity index (χ3v) is 5.96. The number of aromatic nitrogens is 1. The summed E-state index contributed by atoms with van der Waals surface area (Å²) < 4.78 is 19.6. The molecule has 0 atom stereocenters. The van der Waals surface area contributed by atoms with Crippen LogP contribution in [-0.4, -0.2) is 8.07 Å². The molecular formula is C20H30NSi+. The maximum absolute atomic E-state index is 8.71. The molecule has 2 rings (SSSR count). The number of benzene rings is 1. The molecule has 0 spiro atoms. The van der Waals surface area contributed by atoms with E-state index in [0.29, 0.717) is 0 Å². The van der Waals surface area contributed by atoms with Crippen LogP contribution in [0.25, 0.3) is 11.3 Å². The van der Waals surface area contributed by atoms with Gasteiger partial charge < -0.3 is 0 Å². The van der Waals surface area contributed by atoms with Gasteiger partial charge in [0.05, 0.1) is 8.07 Å². The van der Waals surface area contributed by atoms with Crippen molar-refractivity contribution in [1.29, 1.82) is 0 Å². The predicted molar refractivity (Wildman–Crippen MR) is 99.3 cm³/mol. The number of nitrogens with zero attached hydrogens (tertiary/aromatic N) is 1. The van der Waals surface area contributed by atoms with Crippen LogP contribution >= 0.6 is 0 Å². The zero-order valence-corrected chi connectivity index (χ0v) is 16.0. The van der Waals surface area contributed by atoms with Crippen molar-refractivity contribution in [3.63, 3.8) is 0 Å². The second-order valence-corrected chi connectivity index (χ2v) is 12.5. The van der Waals surface area contributed by atoms with Crippen LogP contribution in [-0.2, 0) is 13.4 Å². The molecule has 0 aliphatic rings. The number of pyridine rings is 1. The minimum absolute atomic E-state index is 0.0648. The maximum atomic E-state index is 8.71. The summed E-state index contributed by atoms with van der Waals surface area (Å²) in [6, 6.07) is 10.4. The Bertz CT molecular complexity index is 746. The summed E-state index contributed by atoms with van der Waals surface area (Å²) in [6.45, 7) is 12.9. The molecule has 0 radical (unpaired) electrons. The monoisotopic (exact) mass is 314 g/mol. The first-order chi connectivity index (χ1) is 11.0. The fraction of sp³-hybridized carbons (Fsp3) is 0.450. The summed E-state index contributed by atoms with van der Waals surface area (Å²) >= 11 is 0. The molecule has 0 bridgehead atoms. The Balaban J connectivity index is 2.81. The Morgan fingerprint density at radius 2 is 1.82 bits per heavy atom. The number of aryl methyl sites for hydroxylation is 2. The van der Waals surface area contributed by atoms with Crippen LogP contribution in [0.5, 0.6) is 0 Å². The zero-order chi connectivity index (χ0) is 18.3. The van der Waals surface area contributed by atoms with E-state index in [-0.39, 0.29) is 5.92 Å². The SMILES string of the molecule is [2H]C([2H])(c1cc(-c2ccccc2C)[n+](C)cc1[Si](C)(C)C)C(C)C. The van der Waals surface area contributed by atoms with Crippen molar-refractivity contribution in [2.75, 3.05) is 0 Å². The van der Waals surface area contributed by atoms with E-state index < -0.39 is 14.4 Å². The van der Waals surface area contributed by atoms with E-state index in [9.17, 15) is 0 Å². The highest BCUT2D eigenvalue weighted by atomic mass is 28.3. The van der Waals surface area contributed by atoms with Gasteiger partial charge in [-0.15, -0.1) is 0 Å². The molecule has 0 fully saturated rings. The number of rotatable bonds is 4. The van der Waals surface area contributed by atoms with Crippen LogP contribution in [0, 0.1) is 12.8 Å². The first-order valence-corrected chi connectivity index (χ1v) is 11.6. The Labute approximate surface area is 139 Å². The summed E-state index contributed by atoms with van der Waals surface area (Å²) in [7, 11) is 0.406. The smallest absolute Gasteiger partial charge is 0.201 e. The van der Waals surface area contributed by atoms with Gasteiger partial charge in [-0.1, -0.05) is 51.7 Å². The van der Waals surface area contributed by atoms with Crippen LogP contribution in [0.2, 0.25) is 19.6 Å². The van der Waals surface area contributed by atoms with Crippen molar-refractivity contribution in [2.24, 2.45) is 13.0 Å². The van der Waals surface area contributed by atoms with E-state index in [2.05, 4.69) is 62.6 Å². The van der Waals surface area contributed by atoms with Gasteiger partial charge in [0.25, 0.3) is 0 Å². The van der Waals surface area contributed by atoms with Crippen LogP contribution in [0.1, 0.15) is 27.7 Å². The summed E-state index contributed by atoms with van der Waals surface area (Å²) in [5, 5.41) is 1.21. The van der Waals surface area contributed by atoms with Crippen LogP contribution < -0.4 is 9.75 Å². The Morgan fingerprint density at radius 1 is 1.18 bits per heavy atom. The van der Waals surface area contributed by atoms with Crippen molar-refractivity contribution in [3.05, 3.63) is 47.7 Å². The first kappa shape index (κ1) is 14.2.